The molecule has 0 radical (unpaired) electrons. The van der Waals surface area contributed by atoms with Crippen LogP contribution in [0.2, 0.25) is 18.1 Å². The first-order valence-electron chi connectivity index (χ1n) is 7.94. The van der Waals surface area contributed by atoms with E-state index in [1.807, 2.05) is 6.08 Å². The highest BCUT2D eigenvalue weighted by Crippen LogP contribution is 2.41. The Balaban J connectivity index is 2.17. The monoisotopic (exact) mass is 324 g/mol. The van der Waals surface area contributed by atoms with E-state index in [9.17, 15) is 4.79 Å². The Morgan fingerprint density at radius 1 is 1.27 bits per heavy atom. The second-order valence-corrected chi connectivity index (χ2v) is 12.3. The number of ketones is 1. The molecule has 0 amide bonds. The first kappa shape index (κ1) is 17.6. The van der Waals surface area contributed by atoms with Gasteiger partial charge in [-0.3, -0.25) is 4.79 Å². The second-order valence-electron chi connectivity index (χ2n) is 7.54. The average Bonchev–Trinajstić information content (AvgIpc) is 2.98. The average molecular weight is 324 g/mol. The van der Waals surface area contributed by atoms with E-state index in [-0.39, 0.29) is 22.8 Å². The summed E-state index contributed by atoms with van der Waals surface area (Å²) in [6, 6.07) is 0. The molecule has 1 saturated carbocycles. The lowest BCUT2D eigenvalue weighted by molar-refractivity contribution is -0.115. The Bertz CT molecular complexity index is 470. The van der Waals surface area contributed by atoms with Gasteiger partial charge in [0.1, 0.15) is 0 Å². The molecule has 1 heterocycles. The zero-order chi connectivity index (χ0) is 16.5. The molecule has 0 aromatic carbocycles. The molecular formula is C17H28O4Si. The number of carbonyl (C=O) groups is 1. The summed E-state index contributed by atoms with van der Waals surface area (Å²) in [5.41, 5.74) is 0.727. The van der Waals surface area contributed by atoms with Gasteiger partial charge in [-0.1, -0.05) is 26.8 Å². The van der Waals surface area contributed by atoms with E-state index in [0.717, 1.165) is 5.57 Å². The van der Waals surface area contributed by atoms with Crippen molar-refractivity contribution in [2.75, 3.05) is 13.2 Å². The summed E-state index contributed by atoms with van der Waals surface area (Å²) in [4.78, 5) is 12.4. The van der Waals surface area contributed by atoms with E-state index in [0.29, 0.717) is 19.6 Å². The molecule has 0 N–H and O–H groups in total. The van der Waals surface area contributed by atoms with Gasteiger partial charge in [-0.2, -0.15) is 0 Å². The fraction of sp³-hybridized carbons (Fsp3) is 0.706. The fourth-order valence-electron chi connectivity index (χ4n) is 2.59. The third-order valence-corrected chi connectivity index (χ3v) is 9.44. The molecule has 0 unspecified atom stereocenters. The van der Waals surface area contributed by atoms with Crippen molar-refractivity contribution in [2.24, 2.45) is 5.92 Å². The lowest BCUT2D eigenvalue weighted by atomic mass is 10.0. The molecule has 5 heteroatoms. The summed E-state index contributed by atoms with van der Waals surface area (Å²) in [5, 5.41) is 0.117. The number of carbonyl (C=O) groups excluding carboxylic acids is 1. The highest BCUT2D eigenvalue weighted by atomic mass is 28.4. The summed E-state index contributed by atoms with van der Waals surface area (Å²) < 4.78 is 17.3. The number of rotatable bonds is 4. The van der Waals surface area contributed by atoms with Crippen LogP contribution in [0.5, 0.6) is 0 Å². The Labute approximate surface area is 134 Å². The van der Waals surface area contributed by atoms with E-state index >= 15 is 0 Å². The van der Waals surface area contributed by atoms with E-state index < -0.39 is 14.6 Å². The maximum absolute atomic E-state index is 12.4. The van der Waals surface area contributed by atoms with Gasteiger partial charge in [-0.05, 0) is 24.2 Å². The van der Waals surface area contributed by atoms with Crippen LogP contribution in [0.3, 0.4) is 0 Å². The van der Waals surface area contributed by atoms with Crippen LogP contribution >= 0.6 is 0 Å². The number of ether oxygens (including phenoxy) is 2. The van der Waals surface area contributed by atoms with Crippen LogP contribution in [0, 0.1) is 5.92 Å². The van der Waals surface area contributed by atoms with Crippen molar-refractivity contribution in [2.45, 2.75) is 57.7 Å². The van der Waals surface area contributed by atoms with Gasteiger partial charge in [0.05, 0.1) is 19.3 Å². The molecule has 0 aromatic rings. The van der Waals surface area contributed by atoms with Gasteiger partial charge in [-0.25, -0.2) is 0 Å². The van der Waals surface area contributed by atoms with Gasteiger partial charge >= 0.3 is 0 Å². The first-order valence-corrected chi connectivity index (χ1v) is 10.8. The standard InChI is InChI=1S/C17H28O4Si/c1-7-12-13(10-16-19-8-9-20-16)14(18)11-15(12)21-22(5,6)17(2,3)4/h7,10,12,15-16H,1,8-9,11H2,2-6H3/b13-10-/t12-,15-/m1/s1. The molecule has 4 nitrogen and oxygen atoms in total. The third-order valence-electron chi connectivity index (χ3n) is 4.94. The van der Waals surface area contributed by atoms with Gasteiger partial charge < -0.3 is 13.9 Å². The fourth-order valence-corrected chi connectivity index (χ4v) is 3.93. The molecule has 1 aliphatic heterocycles. The Kier molecular flexibility index (Phi) is 5.12. The zero-order valence-corrected chi connectivity index (χ0v) is 15.3. The highest BCUT2D eigenvalue weighted by molar-refractivity contribution is 6.74. The summed E-state index contributed by atoms with van der Waals surface area (Å²) in [5.74, 6) is 0.0436. The van der Waals surface area contributed by atoms with Crippen molar-refractivity contribution in [1.29, 1.82) is 0 Å². The van der Waals surface area contributed by atoms with Crippen molar-refractivity contribution < 1.29 is 18.7 Å². The van der Waals surface area contributed by atoms with Gasteiger partial charge in [-0.15, -0.1) is 6.58 Å². The molecule has 2 rings (SSSR count). The van der Waals surface area contributed by atoms with Crippen molar-refractivity contribution >= 4 is 14.1 Å². The molecule has 0 aromatic heterocycles. The topological polar surface area (TPSA) is 44.8 Å². The van der Waals surface area contributed by atoms with Crippen molar-refractivity contribution in [1.82, 2.24) is 0 Å². The number of hydrogen-bond acceptors (Lipinski definition) is 4. The van der Waals surface area contributed by atoms with Crippen LogP contribution in [0.4, 0.5) is 0 Å². The summed E-state index contributed by atoms with van der Waals surface area (Å²) >= 11 is 0. The molecule has 2 atom stereocenters. The normalized spacial score (nSPS) is 29.5. The molecule has 1 saturated heterocycles. The molecule has 0 bridgehead atoms. The smallest absolute Gasteiger partial charge is 0.192 e. The minimum absolute atomic E-state index is 0.0746. The summed E-state index contributed by atoms with van der Waals surface area (Å²) in [7, 11) is -1.92. The Morgan fingerprint density at radius 3 is 2.36 bits per heavy atom. The van der Waals surface area contributed by atoms with Crippen LogP contribution in [-0.4, -0.2) is 39.7 Å². The molecule has 124 valence electrons. The van der Waals surface area contributed by atoms with Crippen LogP contribution in [0.1, 0.15) is 27.2 Å². The quantitative estimate of drug-likeness (QED) is 0.451. The van der Waals surface area contributed by atoms with Crippen LogP contribution in [0.25, 0.3) is 0 Å². The SMILES string of the molecule is C=C[C@@H]1/C(=C/C2OCCO2)C(=O)C[C@H]1O[Si](C)(C)C(C)(C)C. The number of Topliss-reactive ketones (excluding diaryl/α,β-unsaturated/α-hetero) is 1. The highest BCUT2D eigenvalue weighted by Gasteiger charge is 2.45. The minimum Gasteiger partial charge on any atom is -0.413 e. The predicted molar refractivity (Wildman–Crippen MR) is 89.2 cm³/mol. The molecule has 2 aliphatic rings. The van der Waals surface area contributed by atoms with E-state index in [4.69, 9.17) is 13.9 Å². The van der Waals surface area contributed by atoms with E-state index in [1.165, 1.54) is 0 Å². The largest absolute Gasteiger partial charge is 0.413 e. The molecule has 0 spiro atoms. The van der Waals surface area contributed by atoms with Gasteiger partial charge in [0.2, 0.25) is 0 Å². The Hall–Kier alpha value is -0.753. The number of hydrogen-bond donors (Lipinski definition) is 0. The lowest BCUT2D eigenvalue weighted by Gasteiger charge is -2.39. The molecular weight excluding hydrogens is 296 g/mol. The van der Waals surface area contributed by atoms with Gasteiger partial charge in [0.25, 0.3) is 0 Å². The zero-order valence-electron chi connectivity index (χ0n) is 14.3. The lowest BCUT2D eigenvalue weighted by Crippen LogP contribution is -2.44. The maximum atomic E-state index is 12.4. The molecule has 22 heavy (non-hydrogen) atoms. The third kappa shape index (κ3) is 3.59. The van der Waals surface area contributed by atoms with Crippen LogP contribution in [0.15, 0.2) is 24.3 Å². The maximum Gasteiger partial charge on any atom is 0.192 e. The predicted octanol–water partition coefficient (Wildman–Crippen LogP) is 3.45. The first-order chi connectivity index (χ1) is 10.2. The van der Waals surface area contributed by atoms with Crippen LogP contribution in [-0.2, 0) is 18.7 Å². The molecule has 1 aliphatic carbocycles. The van der Waals surface area contributed by atoms with Crippen molar-refractivity contribution in [3.63, 3.8) is 0 Å². The van der Waals surface area contributed by atoms with Crippen molar-refractivity contribution in [3.8, 4) is 0 Å². The van der Waals surface area contributed by atoms with E-state index in [2.05, 4.69) is 40.4 Å². The van der Waals surface area contributed by atoms with Crippen LogP contribution < -0.4 is 0 Å². The summed E-state index contributed by atoms with van der Waals surface area (Å²) in [6.07, 6.45) is 3.52. The van der Waals surface area contributed by atoms with Crippen molar-refractivity contribution in [3.05, 3.63) is 24.3 Å². The second kappa shape index (κ2) is 6.39. The summed E-state index contributed by atoms with van der Waals surface area (Å²) in [6.45, 7) is 16.1. The van der Waals surface area contributed by atoms with Gasteiger partial charge in [0, 0.05) is 17.9 Å². The minimum atomic E-state index is -1.92. The van der Waals surface area contributed by atoms with Gasteiger partial charge in [0.15, 0.2) is 20.4 Å². The Morgan fingerprint density at radius 2 is 1.86 bits per heavy atom. The molecule has 2 fully saturated rings. The van der Waals surface area contributed by atoms with E-state index in [1.54, 1.807) is 6.08 Å².